The van der Waals surface area contributed by atoms with Gasteiger partial charge in [-0.2, -0.15) is 0 Å². The van der Waals surface area contributed by atoms with Crippen LogP contribution in [-0.2, 0) is 0 Å². The molecule has 0 fully saturated rings. The molecular weight excluding hydrogens is 214 g/mol. The number of para-hydroxylation sites is 1. The lowest BCUT2D eigenvalue weighted by Crippen LogP contribution is -1.94. The topological polar surface area (TPSA) is 67.8 Å². The largest absolute Gasteiger partial charge is 0.368 e. The molecule has 1 unspecified atom stereocenters. The van der Waals surface area contributed by atoms with Crippen molar-refractivity contribution < 1.29 is 4.52 Å². The van der Waals surface area contributed by atoms with Crippen LogP contribution >= 0.6 is 0 Å². The number of aromatic amines is 1. The number of H-pyrrole nitrogens is 1. The summed E-state index contributed by atoms with van der Waals surface area (Å²) in [7, 11) is 0. The molecule has 17 heavy (non-hydrogen) atoms. The van der Waals surface area contributed by atoms with Gasteiger partial charge in [0.25, 0.3) is 0 Å². The molecule has 1 aromatic carbocycles. The van der Waals surface area contributed by atoms with Crippen LogP contribution in [0.25, 0.3) is 10.9 Å². The Labute approximate surface area is 98.4 Å². The standard InChI is InChI=1S/C13H13N3O/c1-8(12-6-13(14)17-16-12)10-7-15-11-5-3-2-4-9(10)11/h2-8,15H,14H2,1H3. The Bertz CT molecular complexity index is 653. The fourth-order valence-corrected chi connectivity index (χ4v) is 2.12. The Morgan fingerprint density at radius 2 is 2.18 bits per heavy atom. The first-order valence-electron chi connectivity index (χ1n) is 5.54. The summed E-state index contributed by atoms with van der Waals surface area (Å²) in [5.41, 5.74) is 8.73. The van der Waals surface area contributed by atoms with Gasteiger partial charge in [-0.15, -0.1) is 0 Å². The molecule has 86 valence electrons. The number of fused-ring (bicyclic) bond motifs is 1. The van der Waals surface area contributed by atoms with Gasteiger partial charge < -0.3 is 15.2 Å². The van der Waals surface area contributed by atoms with Gasteiger partial charge in [-0.25, -0.2) is 0 Å². The zero-order chi connectivity index (χ0) is 11.8. The maximum atomic E-state index is 5.55. The third kappa shape index (κ3) is 1.58. The first kappa shape index (κ1) is 9.96. The summed E-state index contributed by atoms with van der Waals surface area (Å²) in [4.78, 5) is 3.26. The molecule has 0 radical (unpaired) electrons. The van der Waals surface area contributed by atoms with Crippen molar-refractivity contribution in [3.05, 3.63) is 47.8 Å². The lowest BCUT2D eigenvalue weighted by molar-refractivity contribution is 0.425. The van der Waals surface area contributed by atoms with Crippen LogP contribution in [0.3, 0.4) is 0 Å². The van der Waals surface area contributed by atoms with Crippen molar-refractivity contribution in [2.75, 3.05) is 5.73 Å². The van der Waals surface area contributed by atoms with E-state index in [9.17, 15) is 0 Å². The van der Waals surface area contributed by atoms with Gasteiger partial charge in [0.2, 0.25) is 5.88 Å². The van der Waals surface area contributed by atoms with Crippen LogP contribution in [0.2, 0.25) is 0 Å². The van der Waals surface area contributed by atoms with E-state index in [1.807, 2.05) is 18.3 Å². The number of nitrogens with zero attached hydrogens (tertiary/aromatic N) is 1. The lowest BCUT2D eigenvalue weighted by atomic mass is 9.97. The Balaban J connectivity index is 2.09. The molecule has 4 heteroatoms. The first-order chi connectivity index (χ1) is 8.25. The molecule has 1 atom stereocenters. The number of hydrogen-bond donors (Lipinski definition) is 2. The average Bonchev–Trinajstić information content (AvgIpc) is 2.94. The normalized spacial score (nSPS) is 13.0. The summed E-state index contributed by atoms with van der Waals surface area (Å²) in [6, 6.07) is 9.97. The Morgan fingerprint density at radius 1 is 1.35 bits per heavy atom. The summed E-state index contributed by atoms with van der Waals surface area (Å²) >= 11 is 0. The second-order valence-electron chi connectivity index (χ2n) is 4.17. The van der Waals surface area contributed by atoms with E-state index in [0.29, 0.717) is 5.88 Å². The summed E-state index contributed by atoms with van der Waals surface area (Å²) < 4.78 is 4.91. The Morgan fingerprint density at radius 3 is 2.94 bits per heavy atom. The van der Waals surface area contributed by atoms with Crippen molar-refractivity contribution in [3.8, 4) is 0 Å². The van der Waals surface area contributed by atoms with Crippen LogP contribution in [0.5, 0.6) is 0 Å². The van der Waals surface area contributed by atoms with Gasteiger partial charge in [0.05, 0.1) is 5.69 Å². The number of nitrogen functional groups attached to an aromatic ring is 1. The molecule has 3 aromatic rings. The average molecular weight is 227 g/mol. The minimum atomic E-state index is 0.159. The predicted molar refractivity (Wildman–Crippen MR) is 66.7 cm³/mol. The highest BCUT2D eigenvalue weighted by Gasteiger charge is 2.16. The molecule has 0 saturated heterocycles. The highest BCUT2D eigenvalue weighted by molar-refractivity contribution is 5.84. The number of benzene rings is 1. The lowest BCUT2D eigenvalue weighted by Gasteiger charge is -2.05. The highest BCUT2D eigenvalue weighted by Crippen LogP contribution is 2.30. The Kier molecular flexibility index (Phi) is 2.14. The van der Waals surface area contributed by atoms with E-state index in [2.05, 4.69) is 29.2 Å². The molecule has 2 aromatic heterocycles. The molecule has 0 aliphatic carbocycles. The summed E-state index contributed by atoms with van der Waals surface area (Å²) in [5, 5.41) is 5.17. The molecule has 2 heterocycles. The van der Waals surface area contributed by atoms with Gasteiger partial charge in [0, 0.05) is 29.1 Å². The molecular formula is C13H13N3O. The van der Waals surface area contributed by atoms with Crippen molar-refractivity contribution in [2.24, 2.45) is 0 Å². The third-order valence-corrected chi connectivity index (χ3v) is 3.08. The van der Waals surface area contributed by atoms with Crippen molar-refractivity contribution in [3.63, 3.8) is 0 Å². The number of nitrogens with two attached hydrogens (primary N) is 1. The molecule has 4 nitrogen and oxygen atoms in total. The minimum Gasteiger partial charge on any atom is -0.368 e. The number of anilines is 1. The summed E-state index contributed by atoms with van der Waals surface area (Å²) in [6.07, 6.45) is 2.01. The van der Waals surface area contributed by atoms with Crippen molar-refractivity contribution in [1.82, 2.24) is 10.1 Å². The zero-order valence-corrected chi connectivity index (χ0v) is 9.47. The van der Waals surface area contributed by atoms with E-state index in [1.165, 1.54) is 10.9 Å². The van der Waals surface area contributed by atoms with E-state index < -0.39 is 0 Å². The van der Waals surface area contributed by atoms with Gasteiger partial charge in [0.1, 0.15) is 0 Å². The van der Waals surface area contributed by atoms with Crippen LogP contribution < -0.4 is 5.73 Å². The van der Waals surface area contributed by atoms with E-state index in [1.54, 1.807) is 6.07 Å². The van der Waals surface area contributed by atoms with Crippen LogP contribution in [0.15, 0.2) is 41.1 Å². The number of aromatic nitrogens is 2. The van der Waals surface area contributed by atoms with Crippen molar-refractivity contribution >= 4 is 16.8 Å². The van der Waals surface area contributed by atoms with Crippen LogP contribution in [0.4, 0.5) is 5.88 Å². The van der Waals surface area contributed by atoms with Crippen molar-refractivity contribution in [1.29, 1.82) is 0 Å². The molecule has 0 bridgehead atoms. The molecule has 0 aliphatic heterocycles. The molecule has 3 N–H and O–H groups in total. The van der Waals surface area contributed by atoms with Gasteiger partial charge in [-0.3, -0.25) is 0 Å². The molecule has 3 rings (SSSR count). The third-order valence-electron chi connectivity index (χ3n) is 3.08. The second kappa shape index (κ2) is 3.66. The molecule has 0 aliphatic rings. The SMILES string of the molecule is CC(c1cc(N)on1)c1c[nH]c2ccccc12. The van der Waals surface area contributed by atoms with Gasteiger partial charge >= 0.3 is 0 Å². The van der Waals surface area contributed by atoms with Crippen LogP contribution in [0, 0.1) is 0 Å². The molecule has 0 spiro atoms. The van der Waals surface area contributed by atoms with Gasteiger partial charge in [-0.1, -0.05) is 30.3 Å². The molecule has 0 saturated carbocycles. The van der Waals surface area contributed by atoms with Crippen LogP contribution in [-0.4, -0.2) is 10.1 Å². The molecule has 0 amide bonds. The summed E-state index contributed by atoms with van der Waals surface area (Å²) in [5.74, 6) is 0.513. The fourth-order valence-electron chi connectivity index (χ4n) is 2.12. The van der Waals surface area contributed by atoms with E-state index in [0.717, 1.165) is 11.2 Å². The minimum absolute atomic E-state index is 0.159. The van der Waals surface area contributed by atoms with E-state index in [-0.39, 0.29) is 5.92 Å². The van der Waals surface area contributed by atoms with E-state index in [4.69, 9.17) is 10.3 Å². The summed E-state index contributed by atoms with van der Waals surface area (Å²) in [6.45, 7) is 2.09. The van der Waals surface area contributed by atoms with E-state index >= 15 is 0 Å². The van der Waals surface area contributed by atoms with Gasteiger partial charge in [0.15, 0.2) is 0 Å². The number of rotatable bonds is 2. The number of hydrogen-bond acceptors (Lipinski definition) is 3. The second-order valence-corrected chi connectivity index (χ2v) is 4.17. The van der Waals surface area contributed by atoms with Crippen molar-refractivity contribution in [2.45, 2.75) is 12.8 Å². The first-order valence-corrected chi connectivity index (χ1v) is 5.54. The quantitative estimate of drug-likeness (QED) is 0.707. The smallest absolute Gasteiger partial charge is 0.222 e. The predicted octanol–water partition coefficient (Wildman–Crippen LogP) is 2.89. The highest BCUT2D eigenvalue weighted by atomic mass is 16.5. The van der Waals surface area contributed by atoms with Crippen LogP contribution in [0.1, 0.15) is 24.1 Å². The monoisotopic (exact) mass is 227 g/mol. The van der Waals surface area contributed by atoms with Gasteiger partial charge in [-0.05, 0) is 11.6 Å². The Hall–Kier alpha value is -2.23. The number of nitrogens with one attached hydrogen (secondary N) is 1. The zero-order valence-electron chi connectivity index (χ0n) is 9.47. The fraction of sp³-hybridized carbons (Fsp3) is 0.154. The maximum Gasteiger partial charge on any atom is 0.222 e. The maximum absolute atomic E-state index is 5.55.